The van der Waals surface area contributed by atoms with Gasteiger partial charge >= 0.3 is 18.5 Å². The van der Waals surface area contributed by atoms with E-state index in [2.05, 4.69) is 55.8 Å². The van der Waals surface area contributed by atoms with E-state index in [1.807, 2.05) is 6.92 Å². The summed E-state index contributed by atoms with van der Waals surface area (Å²) in [6.45, 7) is 15.2. The molecule has 9 heterocycles. The van der Waals surface area contributed by atoms with Crippen LogP contribution in [0, 0.1) is 26.6 Å². The Morgan fingerprint density at radius 2 is 0.914 bits per heavy atom. The van der Waals surface area contributed by atoms with E-state index in [0.29, 0.717) is 67.5 Å². The Hall–Kier alpha value is -14.0. The second-order valence-electron chi connectivity index (χ2n) is 28.5. The smallest absolute Gasteiger partial charge is 0.417 e. The number of anilines is 9. The number of nitrogens with zero attached hydrogens (tertiary/aromatic N) is 11. The standard InChI is InChI=1S/C29H23F3N4O3.C28H21F4N5O2.C28H22F3N5O2/c1-17-7-10-19(11-8-17)35-26(37)21-15-18(9-12-22(21)29(30,31)32)20-5-4-6-23-25(20)39-28(2,3)27(38)36(23)24-16-33-13-14-34-24;1-15-5-7-17(14-21(15)29)36-24(38)19-13-16(6-8-20(19)28(30,31)32)18-9-12-33-23-22(18)27(2,3)25(39)37(23)26-34-10-4-11-35-26;1-16-7-10-21(34-15-16)35-25(37)19-14-17(8-9-20(19)28(29,30)31)18-11-13-33-24-23(18)27(2,3)26(38)36(24)22-6-4-5-12-32-22/h4-16H,1-3H3,(H,35,37);4-14H,1-3H3,(H,36,38);4-15H,1-3H3,(H,34,35,37). The summed E-state index contributed by atoms with van der Waals surface area (Å²) < 4.78 is 145. The molecule has 0 aliphatic carbocycles. The van der Waals surface area contributed by atoms with E-state index in [1.54, 1.807) is 140 Å². The minimum absolute atomic E-state index is 0.0108. The molecule has 0 spiro atoms. The average molecular weight is 1590 g/mol. The van der Waals surface area contributed by atoms with Crippen LogP contribution in [0.1, 0.15) is 117 Å². The van der Waals surface area contributed by atoms with Crippen LogP contribution >= 0.6 is 0 Å². The number of carbonyl (C=O) groups excluding carboxylic acids is 6. The number of amides is 6. The molecule has 3 aliphatic rings. The maximum absolute atomic E-state index is 14.0. The van der Waals surface area contributed by atoms with Crippen molar-refractivity contribution < 1.29 is 77.4 Å². The fraction of sp³-hybridized carbons (Fsp3) is 0.176. The molecule has 3 N–H and O–H groups in total. The van der Waals surface area contributed by atoms with Gasteiger partial charge in [0.05, 0.1) is 56.1 Å². The Kier molecular flexibility index (Phi) is 21.3. The number of aryl methyl sites for hydroxylation is 3. The third kappa shape index (κ3) is 15.8. The highest BCUT2D eigenvalue weighted by Gasteiger charge is 2.51. The van der Waals surface area contributed by atoms with Gasteiger partial charge in [0.1, 0.15) is 29.1 Å². The van der Waals surface area contributed by atoms with Gasteiger partial charge in [-0.3, -0.25) is 38.7 Å². The molecule has 0 radical (unpaired) electrons. The van der Waals surface area contributed by atoms with Gasteiger partial charge in [-0.05, 0) is 204 Å². The average Bonchev–Trinajstić information content (AvgIpc) is 1.57. The van der Waals surface area contributed by atoms with Crippen molar-refractivity contribution in [3.05, 3.63) is 287 Å². The summed E-state index contributed by atoms with van der Waals surface area (Å²) in [5.74, 6) is -2.83. The SMILES string of the molecule is Cc1ccc(NC(=O)c2cc(-c3cccc4c3OC(C)(C)C(=O)N4c3cnccn3)ccc2C(F)(F)F)cc1.Cc1ccc(NC(=O)c2cc(-c3ccnc4c3C(C)(C)C(=O)N4c3ccccn3)ccc2C(F)(F)F)nc1.Cc1ccc(NC(=O)c2cc(-c3ccnc4c3C(C)(C)C(=O)N4c3ncccn3)ccc2C(F)(F)F)cc1F. The molecule has 31 heteroatoms. The van der Waals surface area contributed by atoms with Crippen molar-refractivity contribution >= 4 is 87.5 Å². The van der Waals surface area contributed by atoms with Crippen LogP contribution in [0.2, 0.25) is 0 Å². The lowest BCUT2D eigenvalue weighted by Gasteiger charge is -2.39. The van der Waals surface area contributed by atoms with Crippen LogP contribution in [0.3, 0.4) is 0 Å². The fourth-order valence-electron chi connectivity index (χ4n) is 13.4. The van der Waals surface area contributed by atoms with Gasteiger partial charge in [0.2, 0.25) is 17.8 Å². The van der Waals surface area contributed by atoms with Crippen LogP contribution in [0.4, 0.5) is 96.0 Å². The number of aromatic nitrogens is 8. The molecule has 0 atom stereocenters. The van der Waals surface area contributed by atoms with Crippen LogP contribution < -0.4 is 35.4 Å². The Morgan fingerprint density at radius 1 is 0.414 bits per heavy atom. The maximum Gasteiger partial charge on any atom is 0.417 e. The van der Waals surface area contributed by atoms with E-state index < -0.39 is 97.8 Å². The molecule has 588 valence electrons. The van der Waals surface area contributed by atoms with Gasteiger partial charge in [-0.1, -0.05) is 66.2 Å². The monoisotopic (exact) mass is 1580 g/mol. The van der Waals surface area contributed by atoms with Crippen molar-refractivity contribution in [2.45, 2.75) is 97.3 Å². The number of fused-ring (bicyclic) bond motifs is 3. The third-order valence-electron chi connectivity index (χ3n) is 19.3. The lowest BCUT2D eigenvalue weighted by Crippen LogP contribution is -2.50. The summed E-state index contributed by atoms with van der Waals surface area (Å²) >= 11 is 0. The minimum Gasteiger partial charge on any atom is -0.475 e. The predicted octanol–water partition coefficient (Wildman–Crippen LogP) is 18.8. The van der Waals surface area contributed by atoms with E-state index >= 15 is 0 Å². The minimum atomic E-state index is -4.83. The second kappa shape index (κ2) is 30.8. The van der Waals surface area contributed by atoms with Crippen LogP contribution in [-0.2, 0) is 43.7 Å². The molecule has 0 saturated heterocycles. The first-order valence-corrected chi connectivity index (χ1v) is 35.5. The van der Waals surface area contributed by atoms with Crippen molar-refractivity contribution in [1.82, 2.24) is 39.9 Å². The molecule has 6 amide bonds. The number of halogens is 10. The van der Waals surface area contributed by atoms with Crippen LogP contribution in [0.15, 0.2) is 220 Å². The largest absolute Gasteiger partial charge is 0.475 e. The van der Waals surface area contributed by atoms with Crippen molar-refractivity contribution in [1.29, 1.82) is 0 Å². The lowest BCUT2D eigenvalue weighted by atomic mass is 9.82. The number of benzene rings is 6. The van der Waals surface area contributed by atoms with Gasteiger partial charge in [-0.15, -0.1) is 0 Å². The summed E-state index contributed by atoms with van der Waals surface area (Å²) in [7, 11) is 0. The number of para-hydroxylation sites is 1. The quantitative estimate of drug-likeness (QED) is 0.0961. The fourth-order valence-corrected chi connectivity index (χ4v) is 13.4. The van der Waals surface area contributed by atoms with Crippen LogP contribution in [-0.4, -0.2) is 80.9 Å². The van der Waals surface area contributed by atoms with Crippen molar-refractivity contribution in [2.24, 2.45) is 0 Å². The topological polar surface area (TPSA) is 261 Å². The summed E-state index contributed by atoms with van der Waals surface area (Å²) in [5, 5.41) is 7.35. The van der Waals surface area contributed by atoms with Gasteiger partial charge in [0.25, 0.3) is 23.6 Å². The molecular weight excluding hydrogens is 1520 g/mol. The zero-order chi connectivity index (χ0) is 83.3. The van der Waals surface area contributed by atoms with E-state index in [0.717, 1.165) is 41.5 Å². The Balaban J connectivity index is 0.000000151. The third-order valence-corrected chi connectivity index (χ3v) is 19.3. The van der Waals surface area contributed by atoms with Gasteiger partial charge < -0.3 is 20.7 Å². The number of nitrogens with one attached hydrogen (secondary N) is 3. The highest BCUT2D eigenvalue weighted by Crippen LogP contribution is 2.52. The van der Waals surface area contributed by atoms with Gasteiger partial charge in [0, 0.05) is 77.6 Å². The predicted molar refractivity (Wildman–Crippen MR) is 412 cm³/mol. The zero-order valence-electron chi connectivity index (χ0n) is 62.8. The van der Waals surface area contributed by atoms with Gasteiger partial charge in [-0.25, -0.2) is 49.1 Å². The molecule has 116 heavy (non-hydrogen) atoms. The first-order chi connectivity index (χ1) is 54.8. The second-order valence-corrected chi connectivity index (χ2v) is 28.5. The molecule has 12 aromatic rings. The molecule has 6 aromatic heterocycles. The van der Waals surface area contributed by atoms with Crippen molar-refractivity contribution in [3.63, 3.8) is 0 Å². The number of pyridine rings is 4. The highest BCUT2D eigenvalue weighted by atomic mass is 19.4. The Labute approximate surface area is 655 Å². The summed E-state index contributed by atoms with van der Waals surface area (Å²) in [4.78, 5) is 117. The molecule has 21 nitrogen and oxygen atoms in total. The van der Waals surface area contributed by atoms with E-state index in [9.17, 15) is 72.7 Å². The van der Waals surface area contributed by atoms with Gasteiger partial charge in [-0.2, -0.15) is 39.5 Å². The first kappa shape index (κ1) is 80.1. The number of hydrogen-bond acceptors (Lipinski definition) is 15. The Morgan fingerprint density at radius 3 is 1.42 bits per heavy atom. The molecule has 0 unspecified atom stereocenters. The number of rotatable bonds is 12. The summed E-state index contributed by atoms with van der Waals surface area (Å²) in [6.07, 6.45) is -1.09. The molecule has 6 aromatic carbocycles. The van der Waals surface area contributed by atoms with Crippen molar-refractivity contribution in [3.8, 4) is 39.1 Å². The van der Waals surface area contributed by atoms with E-state index in [1.165, 1.54) is 120 Å². The molecule has 3 aliphatic heterocycles. The molecule has 15 rings (SSSR count). The number of alkyl halides is 9. The number of hydrogen-bond donors (Lipinski definition) is 3. The molecule has 0 bridgehead atoms. The highest BCUT2D eigenvalue weighted by molar-refractivity contribution is 6.15. The number of ether oxygens (including phenoxy) is 1. The molecule has 0 saturated carbocycles. The molecule has 0 fully saturated rings. The number of carbonyl (C=O) groups is 6. The zero-order valence-corrected chi connectivity index (χ0v) is 62.8. The first-order valence-electron chi connectivity index (χ1n) is 35.5. The van der Waals surface area contributed by atoms with E-state index in [4.69, 9.17) is 4.74 Å². The summed E-state index contributed by atoms with van der Waals surface area (Å²) in [5.41, 5.74) is -2.57. The van der Waals surface area contributed by atoms with Crippen LogP contribution in [0.25, 0.3) is 33.4 Å². The van der Waals surface area contributed by atoms with E-state index in [-0.39, 0.29) is 52.2 Å². The lowest BCUT2D eigenvalue weighted by molar-refractivity contribution is -0.138. The summed E-state index contributed by atoms with van der Waals surface area (Å²) in [6, 6.07) is 38.5. The molecular formula is C85H66F10N14O7. The normalized spacial score (nSPS) is 14.4. The van der Waals surface area contributed by atoms with Crippen LogP contribution in [0.5, 0.6) is 5.75 Å². The maximum atomic E-state index is 14.0. The van der Waals surface area contributed by atoms with Gasteiger partial charge in [0.15, 0.2) is 17.2 Å². The van der Waals surface area contributed by atoms with Crippen molar-refractivity contribution in [2.75, 3.05) is 30.7 Å². The Bertz CT molecular complexity index is 5880.